The molecule has 0 amide bonds. The number of halogens is 1. The number of anilines is 1. The van der Waals surface area contributed by atoms with Crippen LogP contribution < -0.4 is 5.32 Å². The molecule has 21 heavy (non-hydrogen) atoms. The smallest absolute Gasteiger partial charge is 0.137 e. The van der Waals surface area contributed by atoms with Crippen LogP contribution in [0.3, 0.4) is 0 Å². The number of rotatable bonds is 4. The van der Waals surface area contributed by atoms with Gasteiger partial charge in [0, 0.05) is 24.5 Å². The summed E-state index contributed by atoms with van der Waals surface area (Å²) < 4.78 is 2.53. The van der Waals surface area contributed by atoms with E-state index in [1.807, 2.05) is 35.0 Å². The van der Waals surface area contributed by atoms with Gasteiger partial charge in [0.25, 0.3) is 0 Å². The number of phenolic OH excluding ortho intramolecular Hbond substituents is 1. The van der Waals surface area contributed by atoms with Crippen LogP contribution in [0, 0.1) is 0 Å². The SMILES string of the molecule is Oc1c(Br)cccc1CNc1ccc(-n2ccnc2)nc1. The summed E-state index contributed by atoms with van der Waals surface area (Å²) in [5, 5.41) is 13.2. The second kappa shape index (κ2) is 5.97. The van der Waals surface area contributed by atoms with Gasteiger partial charge < -0.3 is 10.4 Å². The average Bonchev–Trinajstić information content (AvgIpc) is 3.04. The number of imidazole rings is 1. The highest BCUT2D eigenvalue weighted by Gasteiger charge is 2.04. The largest absolute Gasteiger partial charge is 0.506 e. The van der Waals surface area contributed by atoms with Crippen LogP contribution in [-0.4, -0.2) is 19.6 Å². The van der Waals surface area contributed by atoms with Crippen molar-refractivity contribution in [1.29, 1.82) is 0 Å². The maximum Gasteiger partial charge on any atom is 0.137 e. The minimum atomic E-state index is 0.257. The molecule has 3 aromatic rings. The molecule has 0 unspecified atom stereocenters. The van der Waals surface area contributed by atoms with Gasteiger partial charge in [0.1, 0.15) is 17.9 Å². The molecule has 0 radical (unpaired) electrons. The van der Waals surface area contributed by atoms with Gasteiger partial charge >= 0.3 is 0 Å². The molecule has 3 rings (SSSR count). The van der Waals surface area contributed by atoms with E-state index in [0.29, 0.717) is 11.0 Å². The van der Waals surface area contributed by atoms with E-state index in [1.165, 1.54) is 0 Å². The third-order valence-corrected chi connectivity index (χ3v) is 3.71. The first-order valence-corrected chi connectivity index (χ1v) is 7.18. The molecular formula is C15H13BrN4O. The minimum Gasteiger partial charge on any atom is -0.506 e. The Morgan fingerprint density at radius 3 is 2.86 bits per heavy atom. The Balaban J connectivity index is 1.70. The quantitative estimate of drug-likeness (QED) is 0.761. The monoisotopic (exact) mass is 344 g/mol. The second-order valence-corrected chi connectivity index (χ2v) is 5.33. The van der Waals surface area contributed by atoms with E-state index in [1.54, 1.807) is 24.8 Å². The van der Waals surface area contributed by atoms with Gasteiger partial charge in [0.15, 0.2) is 0 Å². The molecule has 0 saturated heterocycles. The summed E-state index contributed by atoms with van der Waals surface area (Å²) in [5.74, 6) is 1.07. The zero-order valence-corrected chi connectivity index (χ0v) is 12.7. The third-order valence-electron chi connectivity index (χ3n) is 3.07. The average molecular weight is 345 g/mol. The number of para-hydroxylation sites is 1. The fourth-order valence-corrected chi connectivity index (χ4v) is 2.35. The van der Waals surface area contributed by atoms with Crippen molar-refractivity contribution in [2.75, 3.05) is 5.32 Å². The highest BCUT2D eigenvalue weighted by atomic mass is 79.9. The van der Waals surface area contributed by atoms with Gasteiger partial charge in [-0.3, -0.25) is 4.57 Å². The molecule has 0 atom stereocenters. The van der Waals surface area contributed by atoms with E-state index in [9.17, 15) is 5.11 Å². The van der Waals surface area contributed by atoms with Crippen molar-refractivity contribution in [2.45, 2.75) is 6.54 Å². The first-order chi connectivity index (χ1) is 10.2. The molecule has 0 bridgehead atoms. The minimum absolute atomic E-state index is 0.257. The normalized spacial score (nSPS) is 10.5. The highest BCUT2D eigenvalue weighted by Crippen LogP contribution is 2.27. The van der Waals surface area contributed by atoms with E-state index in [4.69, 9.17) is 0 Å². The van der Waals surface area contributed by atoms with Crippen molar-refractivity contribution in [2.24, 2.45) is 0 Å². The number of phenols is 1. The lowest BCUT2D eigenvalue weighted by Gasteiger charge is -2.09. The summed E-state index contributed by atoms with van der Waals surface area (Å²) in [6.07, 6.45) is 7.01. The fourth-order valence-electron chi connectivity index (χ4n) is 1.94. The fraction of sp³-hybridized carbons (Fsp3) is 0.0667. The number of hydrogen-bond donors (Lipinski definition) is 2. The maximum atomic E-state index is 9.93. The van der Waals surface area contributed by atoms with Gasteiger partial charge in [-0.15, -0.1) is 0 Å². The molecule has 106 valence electrons. The van der Waals surface area contributed by atoms with Gasteiger partial charge in [-0.25, -0.2) is 9.97 Å². The molecule has 0 spiro atoms. The summed E-state index contributed by atoms with van der Waals surface area (Å²) >= 11 is 3.31. The number of benzene rings is 1. The van der Waals surface area contributed by atoms with Crippen LogP contribution in [0.25, 0.3) is 5.82 Å². The van der Waals surface area contributed by atoms with Gasteiger partial charge in [-0.05, 0) is 34.1 Å². The Labute approximate surface area is 130 Å². The van der Waals surface area contributed by atoms with Crippen molar-refractivity contribution in [3.05, 3.63) is 65.3 Å². The summed E-state index contributed by atoms with van der Waals surface area (Å²) in [4.78, 5) is 8.35. The van der Waals surface area contributed by atoms with Crippen molar-refractivity contribution >= 4 is 21.6 Å². The van der Waals surface area contributed by atoms with E-state index >= 15 is 0 Å². The summed E-state index contributed by atoms with van der Waals surface area (Å²) in [6, 6.07) is 9.42. The number of aromatic nitrogens is 3. The van der Waals surface area contributed by atoms with Crippen LogP contribution in [0.5, 0.6) is 5.75 Å². The standard InChI is InChI=1S/C15H13BrN4O/c16-13-3-1-2-11(15(13)21)8-18-12-4-5-14(19-9-12)20-7-6-17-10-20/h1-7,9-10,18,21H,8H2. The molecule has 6 heteroatoms. The summed E-state index contributed by atoms with van der Waals surface area (Å²) in [6.45, 7) is 0.525. The zero-order chi connectivity index (χ0) is 14.7. The number of pyridine rings is 1. The van der Waals surface area contributed by atoms with E-state index in [-0.39, 0.29) is 5.75 Å². The molecule has 0 aliphatic rings. The van der Waals surface area contributed by atoms with Crippen LogP contribution in [0.4, 0.5) is 5.69 Å². The number of aromatic hydroxyl groups is 1. The number of hydrogen-bond acceptors (Lipinski definition) is 4. The Bertz CT molecular complexity index is 726. The van der Waals surface area contributed by atoms with Crippen LogP contribution in [-0.2, 0) is 6.54 Å². The predicted molar refractivity (Wildman–Crippen MR) is 84.5 cm³/mol. The molecule has 2 N–H and O–H groups in total. The lowest BCUT2D eigenvalue weighted by Crippen LogP contribution is -2.01. The Kier molecular flexibility index (Phi) is 3.87. The van der Waals surface area contributed by atoms with Gasteiger partial charge in [0.2, 0.25) is 0 Å². The van der Waals surface area contributed by atoms with Crippen molar-refractivity contribution in [3.8, 4) is 11.6 Å². The molecule has 2 aromatic heterocycles. The Morgan fingerprint density at radius 2 is 2.14 bits per heavy atom. The molecule has 0 saturated carbocycles. The van der Waals surface area contributed by atoms with E-state index < -0.39 is 0 Å². The van der Waals surface area contributed by atoms with Crippen LogP contribution in [0.2, 0.25) is 0 Å². The topological polar surface area (TPSA) is 63.0 Å². The van der Waals surface area contributed by atoms with Crippen LogP contribution in [0.1, 0.15) is 5.56 Å². The molecule has 0 aliphatic carbocycles. The van der Waals surface area contributed by atoms with Crippen molar-refractivity contribution < 1.29 is 5.11 Å². The second-order valence-electron chi connectivity index (χ2n) is 4.48. The van der Waals surface area contributed by atoms with Gasteiger partial charge in [-0.2, -0.15) is 0 Å². The first-order valence-electron chi connectivity index (χ1n) is 6.38. The highest BCUT2D eigenvalue weighted by molar-refractivity contribution is 9.10. The Morgan fingerprint density at radius 1 is 1.24 bits per heavy atom. The van der Waals surface area contributed by atoms with Gasteiger partial charge in [-0.1, -0.05) is 12.1 Å². The Hall–Kier alpha value is -2.34. The van der Waals surface area contributed by atoms with Crippen LogP contribution >= 0.6 is 15.9 Å². The molecular weight excluding hydrogens is 332 g/mol. The summed E-state index contributed by atoms with van der Waals surface area (Å²) in [5.41, 5.74) is 1.71. The number of nitrogens with one attached hydrogen (secondary N) is 1. The summed E-state index contributed by atoms with van der Waals surface area (Å²) in [7, 11) is 0. The van der Waals surface area contributed by atoms with Gasteiger partial charge in [0.05, 0.1) is 16.4 Å². The third kappa shape index (κ3) is 3.05. The molecule has 1 aromatic carbocycles. The lowest BCUT2D eigenvalue weighted by molar-refractivity contribution is 0.465. The van der Waals surface area contributed by atoms with E-state index in [0.717, 1.165) is 17.1 Å². The van der Waals surface area contributed by atoms with E-state index in [2.05, 4.69) is 31.2 Å². The van der Waals surface area contributed by atoms with Crippen molar-refractivity contribution in [1.82, 2.24) is 14.5 Å². The molecule has 2 heterocycles. The maximum absolute atomic E-state index is 9.93. The van der Waals surface area contributed by atoms with Crippen molar-refractivity contribution in [3.63, 3.8) is 0 Å². The van der Waals surface area contributed by atoms with Crippen LogP contribution in [0.15, 0.2) is 59.7 Å². The molecule has 5 nitrogen and oxygen atoms in total. The number of nitrogens with zero attached hydrogens (tertiary/aromatic N) is 3. The molecule has 0 aliphatic heterocycles. The first kappa shape index (κ1) is 13.6. The molecule has 0 fully saturated rings. The zero-order valence-electron chi connectivity index (χ0n) is 11.1. The lowest BCUT2D eigenvalue weighted by atomic mass is 10.2. The predicted octanol–water partition coefficient (Wildman–Crippen LogP) is 3.35.